The fraction of sp³-hybridized carbons (Fsp3) is 0.0714. The van der Waals surface area contributed by atoms with Crippen LogP contribution < -0.4 is 0 Å². The van der Waals surface area contributed by atoms with Crippen LogP contribution in [0.15, 0.2) is 70.2 Å². The Bertz CT molecular complexity index is 539. The molecular weight excluding hydrogens is 216 g/mol. The molecule has 3 rings (SSSR count). The van der Waals surface area contributed by atoms with Gasteiger partial charge in [0, 0.05) is 21.8 Å². The number of carbonyl (C=O) groups is 1. The van der Waals surface area contributed by atoms with Crippen LogP contribution >= 0.6 is 11.8 Å². The first kappa shape index (κ1) is 9.67. The summed E-state index contributed by atoms with van der Waals surface area (Å²) in [7, 11) is 0. The molecule has 0 radical (unpaired) electrons. The third kappa shape index (κ3) is 1.46. The molecule has 0 saturated carbocycles. The number of Topliss-reactive ketones (excluding diaryl/α,β-unsaturated/α-hetero) is 1. The molecule has 2 bridgehead atoms. The Kier molecular flexibility index (Phi) is 2.29. The number of hydrogen-bond donors (Lipinski definition) is 0. The average Bonchev–Trinajstić information content (AvgIpc) is 2.31. The maximum atomic E-state index is 12.1. The number of ketones is 1. The van der Waals surface area contributed by atoms with Gasteiger partial charge in [0.05, 0.1) is 0 Å². The van der Waals surface area contributed by atoms with Crippen LogP contribution in [0, 0.1) is 0 Å². The maximum absolute atomic E-state index is 12.1. The highest BCUT2D eigenvalue weighted by Crippen LogP contribution is 2.37. The molecule has 2 aliphatic carbocycles. The van der Waals surface area contributed by atoms with Crippen molar-refractivity contribution in [1.82, 2.24) is 0 Å². The molecule has 0 saturated heterocycles. The summed E-state index contributed by atoms with van der Waals surface area (Å²) >= 11 is 1.79. The van der Waals surface area contributed by atoms with E-state index in [9.17, 15) is 4.79 Å². The molecule has 0 aromatic heterocycles. The first-order chi connectivity index (χ1) is 7.86. The van der Waals surface area contributed by atoms with E-state index in [4.69, 9.17) is 0 Å². The van der Waals surface area contributed by atoms with Crippen molar-refractivity contribution in [2.45, 2.75) is 0 Å². The van der Waals surface area contributed by atoms with Crippen LogP contribution in [0.2, 0.25) is 0 Å². The summed E-state index contributed by atoms with van der Waals surface area (Å²) in [5, 5.41) is 0. The number of allylic oxidation sites excluding steroid dienone is 10. The molecule has 0 unspecified atom stereocenters. The molecule has 1 nitrogen and oxygen atoms in total. The Balaban J connectivity index is 2.28. The smallest absolute Gasteiger partial charge is 0.193 e. The van der Waals surface area contributed by atoms with Crippen molar-refractivity contribution in [2.24, 2.45) is 0 Å². The van der Waals surface area contributed by atoms with E-state index >= 15 is 0 Å². The van der Waals surface area contributed by atoms with E-state index in [1.165, 1.54) is 4.91 Å². The summed E-state index contributed by atoms with van der Waals surface area (Å²) in [6, 6.07) is 0. The lowest BCUT2D eigenvalue weighted by molar-refractivity contribution is -0.111. The van der Waals surface area contributed by atoms with Crippen LogP contribution in [0.1, 0.15) is 0 Å². The predicted octanol–water partition coefficient (Wildman–Crippen LogP) is 3.11. The second-order valence-corrected chi connectivity index (χ2v) is 4.81. The van der Waals surface area contributed by atoms with Crippen LogP contribution in [-0.2, 0) is 4.79 Å². The van der Waals surface area contributed by atoms with Crippen molar-refractivity contribution < 1.29 is 4.79 Å². The van der Waals surface area contributed by atoms with Crippen molar-refractivity contribution >= 4 is 17.5 Å². The normalized spacial score (nSPS) is 22.4. The predicted molar refractivity (Wildman–Crippen MR) is 68.1 cm³/mol. The number of rotatable bonds is 0. The summed E-state index contributed by atoms with van der Waals surface area (Å²) in [4.78, 5) is 13.3. The molecule has 0 atom stereocenters. The molecule has 16 heavy (non-hydrogen) atoms. The lowest BCUT2D eigenvalue weighted by Gasteiger charge is -2.21. The number of carbonyl (C=O) groups excluding carboxylic acids is 1. The van der Waals surface area contributed by atoms with Gasteiger partial charge in [-0.1, -0.05) is 42.5 Å². The summed E-state index contributed by atoms with van der Waals surface area (Å²) < 4.78 is 0. The number of fused-ring (bicyclic) bond motifs is 3. The number of thioether (sulfide) groups is 1. The quantitative estimate of drug-likeness (QED) is 0.631. The third-order valence-electron chi connectivity index (χ3n) is 2.73. The Labute approximate surface area is 98.6 Å². The van der Waals surface area contributed by atoms with Gasteiger partial charge in [0.2, 0.25) is 0 Å². The topological polar surface area (TPSA) is 17.1 Å². The zero-order valence-corrected chi connectivity index (χ0v) is 9.46. The fourth-order valence-corrected chi connectivity index (χ4v) is 2.87. The van der Waals surface area contributed by atoms with Gasteiger partial charge in [-0.05, 0) is 11.6 Å². The van der Waals surface area contributed by atoms with E-state index in [1.807, 2.05) is 36.5 Å². The molecule has 0 aromatic rings. The Morgan fingerprint density at radius 1 is 1.06 bits per heavy atom. The zero-order chi connectivity index (χ0) is 11.0. The Morgan fingerprint density at radius 2 is 2.00 bits per heavy atom. The fourth-order valence-electron chi connectivity index (χ4n) is 1.95. The van der Waals surface area contributed by atoms with Gasteiger partial charge < -0.3 is 0 Å². The molecule has 1 aliphatic heterocycles. The van der Waals surface area contributed by atoms with Crippen LogP contribution in [0.3, 0.4) is 0 Å². The third-order valence-corrected chi connectivity index (χ3v) is 3.74. The van der Waals surface area contributed by atoms with Crippen LogP contribution in [0.25, 0.3) is 0 Å². The van der Waals surface area contributed by atoms with Crippen LogP contribution in [0.5, 0.6) is 0 Å². The molecule has 2 heteroatoms. The van der Waals surface area contributed by atoms with Crippen LogP contribution in [0.4, 0.5) is 0 Å². The second kappa shape index (κ2) is 3.80. The molecule has 0 fully saturated rings. The molecule has 0 spiro atoms. The average molecular weight is 226 g/mol. The maximum Gasteiger partial charge on any atom is 0.193 e. The summed E-state index contributed by atoms with van der Waals surface area (Å²) in [6.07, 6.45) is 15.7. The lowest BCUT2D eigenvalue weighted by atomic mass is 9.90. The molecule has 3 aliphatic rings. The highest BCUT2D eigenvalue weighted by molar-refractivity contribution is 8.03. The van der Waals surface area contributed by atoms with E-state index in [0.717, 1.165) is 22.5 Å². The molecule has 0 amide bonds. The van der Waals surface area contributed by atoms with Gasteiger partial charge in [-0.2, -0.15) is 0 Å². The molecular formula is C14H10OS. The van der Waals surface area contributed by atoms with Crippen molar-refractivity contribution in [1.29, 1.82) is 0 Å². The summed E-state index contributed by atoms with van der Waals surface area (Å²) in [5.41, 5.74) is 2.68. The van der Waals surface area contributed by atoms with Crippen molar-refractivity contribution in [3.8, 4) is 0 Å². The Morgan fingerprint density at radius 3 is 2.94 bits per heavy atom. The van der Waals surface area contributed by atoms with Gasteiger partial charge in [0.15, 0.2) is 5.78 Å². The summed E-state index contributed by atoms with van der Waals surface area (Å²) in [6.45, 7) is 0. The van der Waals surface area contributed by atoms with E-state index in [-0.39, 0.29) is 5.78 Å². The Hall–Kier alpha value is -1.54. The molecule has 0 N–H and O–H groups in total. The highest BCUT2D eigenvalue weighted by atomic mass is 32.2. The SMILES string of the molecule is O=C1C2=CC=CC=CC1=C1C=CCSC1=C2. The minimum absolute atomic E-state index is 0.131. The molecule has 0 aromatic carbocycles. The van der Waals surface area contributed by atoms with E-state index in [0.29, 0.717) is 0 Å². The van der Waals surface area contributed by atoms with Gasteiger partial charge in [0.25, 0.3) is 0 Å². The minimum Gasteiger partial charge on any atom is -0.289 e. The van der Waals surface area contributed by atoms with Crippen molar-refractivity contribution in [3.05, 3.63) is 70.2 Å². The monoisotopic (exact) mass is 226 g/mol. The van der Waals surface area contributed by atoms with Crippen LogP contribution in [-0.4, -0.2) is 11.5 Å². The zero-order valence-electron chi connectivity index (χ0n) is 8.64. The molecule has 1 heterocycles. The molecule has 78 valence electrons. The highest BCUT2D eigenvalue weighted by Gasteiger charge is 2.24. The van der Waals surface area contributed by atoms with E-state index < -0.39 is 0 Å². The van der Waals surface area contributed by atoms with Gasteiger partial charge in [-0.15, -0.1) is 11.8 Å². The lowest BCUT2D eigenvalue weighted by Crippen LogP contribution is -2.13. The first-order valence-corrected chi connectivity index (χ1v) is 6.20. The van der Waals surface area contributed by atoms with Gasteiger partial charge in [-0.25, -0.2) is 0 Å². The van der Waals surface area contributed by atoms with Gasteiger partial charge in [0.1, 0.15) is 0 Å². The first-order valence-electron chi connectivity index (χ1n) is 5.22. The van der Waals surface area contributed by atoms with Crippen molar-refractivity contribution in [3.63, 3.8) is 0 Å². The standard InChI is InChI=1S/C14H10OS/c15-14-10-5-2-1-3-6-12(14)11-7-4-8-16-13(11)9-10/h1-7,9H,8H2. The van der Waals surface area contributed by atoms with Gasteiger partial charge in [-0.3, -0.25) is 4.79 Å². The largest absolute Gasteiger partial charge is 0.289 e. The number of hydrogen-bond acceptors (Lipinski definition) is 2. The van der Waals surface area contributed by atoms with Crippen molar-refractivity contribution in [2.75, 3.05) is 5.75 Å². The minimum atomic E-state index is 0.131. The van der Waals surface area contributed by atoms with E-state index in [1.54, 1.807) is 11.8 Å². The van der Waals surface area contributed by atoms with E-state index in [2.05, 4.69) is 12.2 Å². The second-order valence-electron chi connectivity index (χ2n) is 3.74. The summed E-state index contributed by atoms with van der Waals surface area (Å²) in [5.74, 6) is 1.12. The van der Waals surface area contributed by atoms with Gasteiger partial charge >= 0.3 is 0 Å².